The summed E-state index contributed by atoms with van der Waals surface area (Å²) in [5.74, 6) is -0.488. The van der Waals surface area contributed by atoms with Crippen molar-refractivity contribution in [3.05, 3.63) is 35.9 Å². The molecule has 1 saturated carbocycles. The number of nitrogens with two attached hydrogens (primary N) is 1. The molecule has 1 aliphatic carbocycles. The highest BCUT2D eigenvalue weighted by Gasteiger charge is 2.36. The first kappa shape index (κ1) is 17.5. The molecule has 0 bridgehead atoms. The monoisotopic (exact) mass is 311 g/mol. The van der Waals surface area contributed by atoms with Gasteiger partial charge in [0.2, 0.25) is 11.8 Å². The number of hydrogen-bond donors (Lipinski definition) is 3. The molecule has 21 heavy (non-hydrogen) atoms. The first-order valence-corrected chi connectivity index (χ1v) is 6.99. The molecule has 1 aromatic carbocycles. The van der Waals surface area contributed by atoms with E-state index in [1.54, 1.807) is 0 Å². The Morgan fingerprint density at radius 2 is 1.71 bits per heavy atom. The third kappa shape index (κ3) is 4.44. The Balaban J connectivity index is 0.00000220. The lowest BCUT2D eigenvalue weighted by molar-refractivity contribution is -0.126. The minimum Gasteiger partial charge on any atom is -0.346 e. The second-order valence-electron chi connectivity index (χ2n) is 5.18. The van der Waals surface area contributed by atoms with Crippen molar-refractivity contribution in [2.24, 2.45) is 5.73 Å². The van der Waals surface area contributed by atoms with Gasteiger partial charge >= 0.3 is 0 Å². The number of nitrogens with one attached hydrogen (secondary N) is 2. The van der Waals surface area contributed by atoms with Crippen molar-refractivity contribution in [2.45, 2.75) is 31.2 Å². The van der Waals surface area contributed by atoms with Crippen LogP contribution in [0.3, 0.4) is 0 Å². The van der Waals surface area contributed by atoms with Crippen LogP contribution in [0.25, 0.3) is 0 Å². The minimum atomic E-state index is -0.319. The molecule has 1 fully saturated rings. The number of halogens is 1. The summed E-state index contributed by atoms with van der Waals surface area (Å²) in [6.45, 7) is -0.123. The van der Waals surface area contributed by atoms with Crippen LogP contribution in [-0.4, -0.2) is 24.9 Å². The van der Waals surface area contributed by atoms with Crippen LogP contribution in [0.2, 0.25) is 0 Å². The van der Waals surface area contributed by atoms with E-state index in [2.05, 4.69) is 10.6 Å². The first-order chi connectivity index (χ1) is 9.66. The maximum Gasteiger partial charge on any atom is 0.240 e. The molecule has 0 radical (unpaired) electrons. The second kappa shape index (κ2) is 8.00. The highest BCUT2D eigenvalue weighted by molar-refractivity contribution is 5.86. The van der Waals surface area contributed by atoms with Gasteiger partial charge in [0.25, 0.3) is 0 Å². The van der Waals surface area contributed by atoms with Crippen molar-refractivity contribution < 1.29 is 9.59 Å². The van der Waals surface area contributed by atoms with E-state index >= 15 is 0 Å². The van der Waals surface area contributed by atoms with E-state index in [4.69, 9.17) is 5.73 Å². The van der Waals surface area contributed by atoms with Crippen molar-refractivity contribution in [3.63, 3.8) is 0 Å². The van der Waals surface area contributed by atoms with E-state index < -0.39 is 0 Å². The third-order valence-electron chi connectivity index (χ3n) is 3.79. The van der Waals surface area contributed by atoms with Gasteiger partial charge in [-0.05, 0) is 18.4 Å². The number of amides is 2. The smallest absolute Gasteiger partial charge is 0.240 e. The largest absolute Gasteiger partial charge is 0.346 e. The second-order valence-corrected chi connectivity index (χ2v) is 5.18. The van der Waals surface area contributed by atoms with E-state index in [1.807, 2.05) is 30.3 Å². The van der Waals surface area contributed by atoms with Crippen LogP contribution >= 0.6 is 12.4 Å². The van der Waals surface area contributed by atoms with Crippen LogP contribution < -0.4 is 16.4 Å². The fourth-order valence-corrected chi connectivity index (χ4v) is 2.78. The Labute approximate surface area is 131 Å². The van der Waals surface area contributed by atoms with Crippen LogP contribution in [0.4, 0.5) is 0 Å². The number of hydrogen-bond acceptors (Lipinski definition) is 3. The maximum atomic E-state index is 12.0. The molecule has 5 nitrogen and oxygen atoms in total. The summed E-state index contributed by atoms with van der Waals surface area (Å²) in [6, 6.07) is 10.0. The van der Waals surface area contributed by atoms with Crippen molar-refractivity contribution in [2.75, 3.05) is 13.1 Å². The molecule has 0 aliphatic heterocycles. The highest BCUT2D eigenvalue weighted by atomic mass is 35.5. The molecule has 0 atom stereocenters. The molecule has 0 aromatic heterocycles. The van der Waals surface area contributed by atoms with Crippen LogP contribution in [0, 0.1) is 0 Å². The fourth-order valence-electron chi connectivity index (χ4n) is 2.78. The summed E-state index contributed by atoms with van der Waals surface area (Å²) in [5.41, 5.74) is 6.04. The van der Waals surface area contributed by atoms with E-state index in [0.29, 0.717) is 0 Å². The van der Waals surface area contributed by atoms with Crippen LogP contribution in [0.1, 0.15) is 31.2 Å². The quantitative estimate of drug-likeness (QED) is 0.760. The highest BCUT2D eigenvalue weighted by Crippen LogP contribution is 2.38. The van der Waals surface area contributed by atoms with Gasteiger partial charge in [-0.2, -0.15) is 0 Å². The lowest BCUT2D eigenvalue weighted by Crippen LogP contribution is -2.48. The topological polar surface area (TPSA) is 84.2 Å². The molecule has 0 unspecified atom stereocenters. The first-order valence-electron chi connectivity index (χ1n) is 6.99. The van der Waals surface area contributed by atoms with E-state index in [9.17, 15) is 9.59 Å². The van der Waals surface area contributed by atoms with Gasteiger partial charge in [-0.25, -0.2) is 0 Å². The van der Waals surface area contributed by atoms with Gasteiger partial charge in [0, 0.05) is 0 Å². The average molecular weight is 312 g/mol. The molecule has 6 heteroatoms. The summed E-state index contributed by atoms with van der Waals surface area (Å²) >= 11 is 0. The van der Waals surface area contributed by atoms with E-state index in [1.165, 1.54) is 0 Å². The predicted octanol–water partition coefficient (Wildman–Crippen LogP) is 1.07. The van der Waals surface area contributed by atoms with Gasteiger partial charge in [-0.15, -0.1) is 12.4 Å². The fraction of sp³-hybridized carbons (Fsp3) is 0.467. The van der Waals surface area contributed by atoms with E-state index in [0.717, 1.165) is 31.2 Å². The van der Waals surface area contributed by atoms with Gasteiger partial charge in [-0.1, -0.05) is 43.2 Å². The number of benzene rings is 1. The zero-order valence-electron chi connectivity index (χ0n) is 11.9. The zero-order valence-corrected chi connectivity index (χ0v) is 12.7. The molecular weight excluding hydrogens is 290 g/mol. The minimum absolute atomic E-state index is 0. The van der Waals surface area contributed by atoms with E-state index in [-0.39, 0.29) is 42.8 Å². The number of carbonyl (C=O) groups excluding carboxylic acids is 2. The zero-order chi connectivity index (χ0) is 14.4. The predicted molar refractivity (Wildman–Crippen MR) is 84.0 cm³/mol. The summed E-state index contributed by atoms with van der Waals surface area (Å²) < 4.78 is 0. The van der Waals surface area contributed by atoms with Crippen molar-refractivity contribution >= 4 is 24.2 Å². The summed E-state index contributed by atoms with van der Waals surface area (Å²) in [7, 11) is 0. The lowest BCUT2D eigenvalue weighted by Gasteiger charge is -2.31. The summed E-state index contributed by atoms with van der Waals surface area (Å²) in [4.78, 5) is 23.1. The molecule has 1 aromatic rings. The molecule has 2 rings (SSSR count). The van der Waals surface area contributed by atoms with Crippen LogP contribution in [-0.2, 0) is 15.1 Å². The van der Waals surface area contributed by atoms with Gasteiger partial charge in [0.15, 0.2) is 0 Å². The van der Waals surface area contributed by atoms with Gasteiger partial charge in [0.05, 0.1) is 18.6 Å². The van der Waals surface area contributed by atoms with Gasteiger partial charge < -0.3 is 16.4 Å². The van der Waals surface area contributed by atoms with Crippen molar-refractivity contribution in [1.82, 2.24) is 10.6 Å². The Bertz CT molecular complexity index is 473. The number of rotatable bonds is 5. The van der Waals surface area contributed by atoms with Crippen molar-refractivity contribution in [3.8, 4) is 0 Å². The molecule has 4 N–H and O–H groups in total. The summed E-state index contributed by atoms with van der Waals surface area (Å²) in [5, 5.41) is 5.59. The van der Waals surface area contributed by atoms with Crippen molar-refractivity contribution in [1.29, 1.82) is 0 Å². The molecule has 2 amide bonds. The molecule has 0 saturated heterocycles. The van der Waals surface area contributed by atoms with Crippen LogP contribution in [0.15, 0.2) is 30.3 Å². The molecule has 0 heterocycles. The normalized spacial score (nSPS) is 15.9. The Kier molecular flexibility index (Phi) is 6.65. The SMILES string of the molecule is Cl.NCC(=O)NCC(=O)NC1(c2ccccc2)CCCC1. The Morgan fingerprint density at radius 3 is 2.29 bits per heavy atom. The Hall–Kier alpha value is -1.59. The Morgan fingerprint density at radius 1 is 1.10 bits per heavy atom. The number of carbonyl (C=O) groups is 2. The molecule has 0 spiro atoms. The molecule has 116 valence electrons. The average Bonchev–Trinajstić information content (AvgIpc) is 2.95. The molecular formula is C15H22ClN3O2. The molecule has 1 aliphatic rings. The van der Waals surface area contributed by atoms with Gasteiger partial charge in [0.1, 0.15) is 0 Å². The third-order valence-corrected chi connectivity index (χ3v) is 3.79. The lowest BCUT2D eigenvalue weighted by atomic mass is 9.88. The standard InChI is InChI=1S/C15H21N3O2.ClH/c16-10-13(19)17-11-14(20)18-15(8-4-5-9-15)12-6-2-1-3-7-12;/h1-3,6-7H,4-5,8-11,16H2,(H,17,19)(H,18,20);1H. The summed E-state index contributed by atoms with van der Waals surface area (Å²) in [6.07, 6.45) is 4.08. The van der Waals surface area contributed by atoms with Crippen LogP contribution in [0.5, 0.6) is 0 Å². The van der Waals surface area contributed by atoms with Gasteiger partial charge in [-0.3, -0.25) is 9.59 Å². The maximum absolute atomic E-state index is 12.0.